The van der Waals surface area contributed by atoms with Gasteiger partial charge in [0, 0.05) is 5.56 Å². The van der Waals surface area contributed by atoms with Crippen LogP contribution in [0, 0.1) is 38.5 Å². The lowest BCUT2D eigenvalue weighted by Gasteiger charge is -2.38. The molecule has 35 heavy (non-hydrogen) atoms. The summed E-state index contributed by atoms with van der Waals surface area (Å²) >= 11 is 0. The highest BCUT2D eigenvalue weighted by Gasteiger charge is 2.34. The molecule has 1 N–H and O–H groups in total. The van der Waals surface area contributed by atoms with Crippen molar-refractivity contribution in [1.29, 1.82) is 0 Å². The molecule has 0 aliphatic carbocycles. The van der Waals surface area contributed by atoms with Crippen LogP contribution < -0.4 is 9.47 Å². The zero-order chi connectivity index (χ0) is 26.2. The number of hydrogen-bond donors (Lipinski definition) is 1. The average molecular weight is 489 g/mol. The van der Waals surface area contributed by atoms with Gasteiger partial charge in [0.1, 0.15) is 17.1 Å². The van der Waals surface area contributed by atoms with Crippen LogP contribution in [0.3, 0.4) is 0 Å². The van der Waals surface area contributed by atoms with E-state index in [1.165, 1.54) is 56.9 Å². The topological polar surface area (TPSA) is 55.8 Å². The van der Waals surface area contributed by atoms with Crippen LogP contribution in [0.2, 0.25) is 0 Å². The fourth-order valence-electron chi connectivity index (χ4n) is 5.61. The van der Waals surface area contributed by atoms with Gasteiger partial charge in [-0.15, -0.1) is 0 Å². The van der Waals surface area contributed by atoms with Crippen molar-refractivity contribution in [3.05, 3.63) is 22.3 Å². The van der Waals surface area contributed by atoms with E-state index in [0.29, 0.717) is 5.75 Å². The second-order valence-electron chi connectivity index (χ2n) is 12.1. The summed E-state index contributed by atoms with van der Waals surface area (Å²) in [7, 11) is 0. The summed E-state index contributed by atoms with van der Waals surface area (Å²) in [6.07, 6.45) is 13.7. The van der Waals surface area contributed by atoms with E-state index in [1.807, 2.05) is 13.8 Å². The van der Waals surface area contributed by atoms with Crippen LogP contribution in [0.5, 0.6) is 11.5 Å². The van der Waals surface area contributed by atoms with E-state index in [-0.39, 0.29) is 12.2 Å². The van der Waals surface area contributed by atoms with Crippen LogP contribution in [0.1, 0.15) is 121 Å². The van der Waals surface area contributed by atoms with E-state index in [0.717, 1.165) is 59.5 Å². The van der Waals surface area contributed by atoms with E-state index in [9.17, 15) is 4.79 Å². The SMILES string of the molecule is Cc1c(C)c2c(c(C)c1OCC(=O)O)CCC(C)(CCC[C@H](C)CCC[C@H](C)CCCC(C)C)O2. The van der Waals surface area contributed by atoms with Crippen molar-refractivity contribution in [3.63, 3.8) is 0 Å². The molecule has 0 saturated carbocycles. The number of aliphatic carboxylic acids is 1. The maximum absolute atomic E-state index is 11.0. The molecular weight excluding hydrogens is 436 g/mol. The van der Waals surface area contributed by atoms with Crippen LogP contribution >= 0.6 is 0 Å². The highest BCUT2D eigenvalue weighted by molar-refractivity contribution is 5.69. The van der Waals surface area contributed by atoms with Crippen molar-refractivity contribution in [2.75, 3.05) is 6.61 Å². The second-order valence-corrected chi connectivity index (χ2v) is 12.1. The summed E-state index contributed by atoms with van der Waals surface area (Å²) < 4.78 is 12.3. The summed E-state index contributed by atoms with van der Waals surface area (Å²) in [5, 5.41) is 9.02. The molecule has 4 heteroatoms. The molecule has 0 radical (unpaired) electrons. The van der Waals surface area contributed by atoms with Gasteiger partial charge in [-0.05, 0) is 87.8 Å². The zero-order valence-corrected chi connectivity index (χ0v) is 23.9. The summed E-state index contributed by atoms with van der Waals surface area (Å²) in [6.45, 7) is 17.5. The Balaban J connectivity index is 1.83. The van der Waals surface area contributed by atoms with Gasteiger partial charge in [0.25, 0.3) is 0 Å². The molecule has 1 aliphatic rings. The van der Waals surface area contributed by atoms with Gasteiger partial charge in [-0.3, -0.25) is 0 Å². The number of carboxylic acids is 1. The Labute approximate surface area is 215 Å². The van der Waals surface area contributed by atoms with Crippen LogP contribution in [0.4, 0.5) is 0 Å². The third-order valence-corrected chi connectivity index (χ3v) is 8.18. The Morgan fingerprint density at radius 1 is 0.914 bits per heavy atom. The summed E-state index contributed by atoms with van der Waals surface area (Å²) in [6, 6.07) is 0. The van der Waals surface area contributed by atoms with Gasteiger partial charge in [0.05, 0.1) is 0 Å². The van der Waals surface area contributed by atoms with Crippen LogP contribution in [-0.4, -0.2) is 23.3 Å². The Bertz CT molecular complexity index is 828. The van der Waals surface area contributed by atoms with Crippen molar-refractivity contribution >= 4 is 5.97 Å². The van der Waals surface area contributed by atoms with Gasteiger partial charge in [0.2, 0.25) is 0 Å². The van der Waals surface area contributed by atoms with Gasteiger partial charge in [-0.25, -0.2) is 4.79 Å². The van der Waals surface area contributed by atoms with E-state index < -0.39 is 5.97 Å². The lowest BCUT2D eigenvalue weighted by molar-refractivity contribution is -0.139. The van der Waals surface area contributed by atoms with E-state index in [4.69, 9.17) is 14.6 Å². The highest BCUT2D eigenvalue weighted by atomic mass is 16.5. The Morgan fingerprint density at radius 3 is 2.06 bits per heavy atom. The monoisotopic (exact) mass is 488 g/mol. The Hall–Kier alpha value is -1.71. The van der Waals surface area contributed by atoms with Gasteiger partial charge < -0.3 is 14.6 Å². The van der Waals surface area contributed by atoms with Crippen LogP contribution in [0.15, 0.2) is 0 Å². The van der Waals surface area contributed by atoms with Crippen molar-refractivity contribution < 1.29 is 19.4 Å². The molecule has 3 atom stereocenters. The molecule has 1 aliphatic heterocycles. The van der Waals surface area contributed by atoms with Crippen LogP contribution in [-0.2, 0) is 11.2 Å². The Morgan fingerprint density at radius 2 is 1.49 bits per heavy atom. The van der Waals surface area contributed by atoms with Crippen molar-refractivity contribution in [3.8, 4) is 11.5 Å². The lowest BCUT2D eigenvalue weighted by atomic mass is 9.83. The van der Waals surface area contributed by atoms with E-state index >= 15 is 0 Å². The minimum absolute atomic E-state index is 0.134. The maximum atomic E-state index is 11.0. The van der Waals surface area contributed by atoms with Gasteiger partial charge >= 0.3 is 5.97 Å². The van der Waals surface area contributed by atoms with E-state index in [2.05, 4.69) is 41.5 Å². The minimum Gasteiger partial charge on any atom is -0.487 e. The summed E-state index contributed by atoms with van der Waals surface area (Å²) in [4.78, 5) is 11.0. The normalized spacial score (nSPS) is 19.2. The first kappa shape index (κ1) is 29.5. The zero-order valence-electron chi connectivity index (χ0n) is 23.9. The number of carboxylic acid groups (broad SMARTS) is 1. The van der Waals surface area contributed by atoms with Crippen molar-refractivity contribution in [2.45, 2.75) is 132 Å². The first-order valence-electron chi connectivity index (χ1n) is 14.1. The maximum Gasteiger partial charge on any atom is 0.341 e. The Kier molecular flexibility index (Phi) is 11.4. The molecule has 0 fully saturated rings. The first-order chi connectivity index (χ1) is 16.4. The van der Waals surface area contributed by atoms with Crippen LogP contribution in [0.25, 0.3) is 0 Å². The number of rotatable bonds is 15. The molecule has 1 unspecified atom stereocenters. The third kappa shape index (κ3) is 9.03. The standard InChI is InChI=1S/C31H52O4/c1-21(2)12-9-13-22(3)14-10-15-23(4)16-11-18-31(8)19-17-27-26(7)29(34-20-28(32)33)24(5)25(6)30(27)35-31/h21-23H,9-20H2,1-8H3,(H,32,33)/t22-,23-,31?/m1/s1. The molecular formula is C31H52O4. The third-order valence-electron chi connectivity index (χ3n) is 8.18. The smallest absolute Gasteiger partial charge is 0.341 e. The molecule has 0 bridgehead atoms. The molecule has 200 valence electrons. The molecule has 0 spiro atoms. The molecule has 1 aromatic rings. The molecule has 0 amide bonds. The van der Waals surface area contributed by atoms with E-state index in [1.54, 1.807) is 0 Å². The number of ether oxygens (including phenoxy) is 2. The largest absolute Gasteiger partial charge is 0.487 e. The predicted molar refractivity (Wildman–Crippen MR) is 146 cm³/mol. The summed E-state index contributed by atoms with van der Waals surface area (Å²) in [5.41, 5.74) is 4.14. The first-order valence-corrected chi connectivity index (χ1v) is 14.1. The van der Waals surface area contributed by atoms with Crippen molar-refractivity contribution in [2.24, 2.45) is 17.8 Å². The molecule has 4 nitrogen and oxygen atoms in total. The minimum atomic E-state index is -0.951. The van der Waals surface area contributed by atoms with Gasteiger partial charge in [0.15, 0.2) is 6.61 Å². The quantitative estimate of drug-likeness (QED) is 0.268. The molecule has 1 aromatic carbocycles. The summed E-state index contributed by atoms with van der Waals surface area (Å²) in [5.74, 6) is 3.22. The molecule has 0 aromatic heterocycles. The fraction of sp³-hybridized carbons (Fsp3) is 0.774. The molecule has 1 heterocycles. The van der Waals surface area contributed by atoms with Gasteiger partial charge in [-0.2, -0.15) is 0 Å². The molecule has 0 saturated heterocycles. The lowest BCUT2D eigenvalue weighted by Crippen LogP contribution is -2.37. The number of fused-ring (bicyclic) bond motifs is 1. The number of benzene rings is 1. The number of carbonyl (C=O) groups is 1. The van der Waals surface area contributed by atoms with Gasteiger partial charge in [-0.1, -0.05) is 72.6 Å². The number of hydrogen-bond acceptors (Lipinski definition) is 3. The second kappa shape index (κ2) is 13.6. The average Bonchev–Trinajstić information content (AvgIpc) is 2.77. The fourth-order valence-corrected chi connectivity index (χ4v) is 5.61. The highest BCUT2D eigenvalue weighted by Crippen LogP contribution is 2.45. The molecule has 2 rings (SSSR count). The van der Waals surface area contributed by atoms with Crippen molar-refractivity contribution in [1.82, 2.24) is 0 Å². The predicted octanol–water partition coefficient (Wildman–Crippen LogP) is 8.60.